The van der Waals surface area contributed by atoms with E-state index in [2.05, 4.69) is 5.32 Å². The quantitative estimate of drug-likeness (QED) is 0.730. The van der Waals surface area contributed by atoms with Crippen LogP contribution < -0.4 is 11.1 Å². The van der Waals surface area contributed by atoms with E-state index in [1.807, 2.05) is 29.5 Å². The van der Waals surface area contributed by atoms with Gasteiger partial charge in [0, 0.05) is 18.2 Å². The smallest absolute Gasteiger partial charge is 0.251 e. The molecular weight excluding hydrogens is 307 g/mol. The number of nitrogens with one attached hydrogen (secondary N) is 1. The minimum Gasteiger partial charge on any atom is -0.507 e. The second kappa shape index (κ2) is 5.32. The van der Waals surface area contributed by atoms with Crippen molar-refractivity contribution in [2.45, 2.75) is 13.0 Å². The summed E-state index contributed by atoms with van der Waals surface area (Å²) in [7, 11) is 0. The van der Waals surface area contributed by atoms with Gasteiger partial charge in [0.2, 0.25) is 0 Å². The summed E-state index contributed by atoms with van der Waals surface area (Å²) in [5.41, 5.74) is 5.83. The first-order chi connectivity index (χ1) is 7.04. The van der Waals surface area contributed by atoms with E-state index in [4.69, 9.17) is 5.73 Å². The van der Waals surface area contributed by atoms with Crippen LogP contribution in [0.15, 0.2) is 18.2 Å². The molecule has 0 aliphatic carbocycles. The van der Waals surface area contributed by atoms with Crippen LogP contribution in [-0.4, -0.2) is 23.6 Å². The van der Waals surface area contributed by atoms with Crippen LogP contribution in [0.1, 0.15) is 17.3 Å². The minimum absolute atomic E-state index is 0.0704. The van der Waals surface area contributed by atoms with Crippen LogP contribution in [0.3, 0.4) is 0 Å². The van der Waals surface area contributed by atoms with Crippen LogP contribution in [0.5, 0.6) is 5.75 Å². The van der Waals surface area contributed by atoms with Crippen LogP contribution in [0.2, 0.25) is 0 Å². The highest BCUT2D eigenvalue weighted by atomic mass is 127. The lowest BCUT2D eigenvalue weighted by Crippen LogP contribution is -2.37. The topological polar surface area (TPSA) is 75.3 Å². The Hall–Kier alpha value is -0.820. The number of rotatable bonds is 3. The number of hydrogen-bond donors (Lipinski definition) is 3. The summed E-state index contributed by atoms with van der Waals surface area (Å²) in [6, 6.07) is 4.73. The first-order valence-electron chi connectivity index (χ1n) is 4.54. The third kappa shape index (κ3) is 3.35. The summed E-state index contributed by atoms with van der Waals surface area (Å²) < 4.78 is 0.719. The molecule has 82 valence electrons. The fourth-order valence-electron chi connectivity index (χ4n) is 1.02. The van der Waals surface area contributed by atoms with Gasteiger partial charge in [0.25, 0.3) is 5.91 Å². The van der Waals surface area contributed by atoms with Gasteiger partial charge < -0.3 is 16.2 Å². The van der Waals surface area contributed by atoms with Gasteiger partial charge in [-0.1, -0.05) is 0 Å². The van der Waals surface area contributed by atoms with Gasteiger partial charge in [-0.25, -0.2) is 0 Å². The van der Waals surface area contributed by atoms with E-state index >= 15 is 0 Å². The molecule has 5 heteroatoms. The second-order valence-electron chi connectivity index (χ2n) is 3.28. The van der Waals surface area contributed by atoms with E-state index in [0.717, 1.165) is 3.57 Å². The Morgan fingerprint density at radius 2 is 2.33 bits per heavy atom. The van der Waals surface area contributed by atoms with Gasteiger partial charge in [0.15, 0.2) is 0 Å². The van der Waals surface area contributed by atoms with E-state index < -0.39 is 0 Å². The van der Waals surface area contributed by atoms with Crippen molar-refractivity contribution >= 4 is 28.5 Å². The molecule has 1 unspecified atom stereocenters. The first-order valence-corrected chi connectivity index (χ1v) is 5.62. The zero-order valence-electron chi connectivity index (χ0n) is 8.33. The van der Waals surface area contributed by atoms with E-state index in [1.165, 1.54) is 6.07 Å². The molecule has 0 spiro atoms. The van der Waals surface area contributed by atoms with E-state index in [0.29, 0.717) is 12.1 Å². The lowest BCUT2D eigenvalue weighted by atomic mass is 10.2. The van der Waals surface area contributed by atoms with Crippen LogP contribution in [0.25, 0.3) is 0 Å². The van der Waals surface area contributed by atoms with Gasteiger partial charge in [-0.3, -0.25) is 4.79 Å². The number of nitrogens with two attached hydrogens (primary N) is 1. The largest absolute Gasteiger partial charge is 0.507 e. The predicted molar refractivity (Wildman–Crippen MR) is 66.8 cm³/mol. The average molecular weight is 320 g/mol. The van der Waals surface area contributed by atoms with E-state index in [1.54, 1.807) is 12.1 Å². The van der Waals surface area contributed by atoms with Crippen molar-refractivity contribution in [3.8, 4) is 5.75 Å². The molecule has 0 aliphatic rings. The van der Waals surface area contributed by atoms with Crippen LogP contribution >= 0.6 is 22.6 Å². The molecule has 0 aromatic heterocycles. The number of phenolic OH excluding ortho intramolecular Hbond substituents is 1. The summed E-state index contributed by atoms with van der Waals surface area (Å²) in [4.78, 5) is 11.6. The van der Waals surface area contributed by atoms with Gasteiger partial charge >= 0.3 is 0 Å². The number of aromatic hydroxyl groups is 1. The Labute approximate surface area is 102 Å². The maximum absolute atomic E-state index is 11.6. The number of carbonyl (C=O) groups is 1. The lowest BCUT2D eigenvalue weighted by Gasteiger charge is -2.11. The molecule has 0 heterocycles. The molecule has 0 saturated heterocycles. The fraction of sp³-hybridized carbons (Fsp3) is 0.300. The Morgan fingerprint density at radius 3 is 2.87 bits per heavy atom. The third-order valence-corrected chi connectivity index (χ3v) is 2.85. The van der Waals surface area contributed by atoms with E-state index in [9.17, 15) is 9.90 Å². The molecule has 15 heavy (non-hydrogen) atoms. The van der Waals surface area contributed by atoms with Gasteiger partial charge in [-0.15, -0.1) is 0 Å². The predicted octanol–water partition coefficient (Wildman–Crippen LogP) is 1.07. The standard InChI is InChI=1S/C10H13IN2O2/c1-6(5-12)13-10(15)7-2-3-8(11)9(14)4-7/h2-4,6,14H,5,12H2,1H3,(H,13,15). The molecule has 0 saturated carbocycles. The Bertz CT molecular complexity index is 368. The zero-order chi connectivity index (χ0) is 11.4. The Morgan fingerprint density at radius 1 is 1.67 bits per heavy atom. The van der Waals surface area contributed by atoms with Crippen molar-refractivity contribution in [2.24, 2.45) is 5.73 Å². The van der Waals surface area contributed by atoms with Crippen molar-refractivity contribution < 1.29 is 9.90 Å². The van der Waals surface area contributed by atoms with Crippen molar-refractivity contribution in [1.82, 2.24) is 5.32 Å². The van der Waals surface area contributed by atoms with Crippen molar-refractivity contribution in [1.29, 1.82) is 0 Å². The molecule has 1 atom stereocenters. The third-order valence-electron chi connectivity index (χ3n) is 1.94. The molecule has 0 fully saturated rings. The Balaban J connectivity index is 2.78. The fourth-order valence-corrected chi connectivity index (χ4v) is 1.36. The highest BCUT2D eigenvalue weighted by molar-refractivity contribution is 14.1. The SMILES string of the molecule is CC(CN)NC(=O)c1ccc(I)c(O)c1. The van der Waals surface area contributed by atoms with Crippen molar-refractivity contribution in [2.75, 3.05) is 6.54 Å². The molecule has 1 aromatic carbocycles. The van der Waals surface area contributed by atoms with Gasteiger partial charge in [-0.2, -0.15) is 0 Å². The Kier molecular flexibility index (Phi) is 4.34. The number of amides is 1. The molecular formula is C10H13IN2O2. The maximum atomic E-state index is 11.6. The number of phenols is 1. The number of carbonyl (C=O) groups excluding carboxylic acids is 1. The molecule has 4 N–H and O–H groups in total. The maximum Gasteiger partial charge on any atom is 0.251 e. The molecule has 1 aromatic rings. The normalized spacial score (nSPS) is 12.2. The number of halogens is 1. The highest BCUT2D eigenvalue weighted by Crippen LogP contribution is 2.20. The second-order valence-corrected chi connectivity index (χ2v) is 4.44. The van der Waals surface area contributed by atoms with Crippen molar-refractivity contribution in [3.63, 3.8) is 0 Å². The number of benzene rings is 1. The summed E-state index contributed by atoms with van der Waals surface area (Å²) >= 11 is 2.00. The van der Waals surface area contributed by atoms with Crippen LogP contribution in [-0.2, 0) is 0 Å². The molecule has 4 nitrogen and oxygen atoms in total. The average Bonchev–Trinajstić information content (AvgIpc) is 2.21. The summed E-state index contributed by atoms with van der Waals surface area (Å²) in [5, 5.41) is 12.1. The van der Waals surface area contributed by atoms with Crippen LogP contribution in [0.4, 0.5) is 0 Å². The summed E-state index contributed by atoms with van der Waals surface area (Å²) in [6.07, 6.45) is 0. The van der Waals surface area contributed by atoms with Crippen molar-refractivity contribution in [3.05, 3.63) is 27.3 Å². The molecule has 0 bridgehead atoms. The number of hydrogen-bond acceptors (Lipinski definition) is 3. The minimum atomic E-state index is -0.223. The van der Waals surface area contributed by atoms with Crippen LogP contribution in [0, 0.1) is 3.57 Å². The summed E-state index contributed by atoms with van der Waals surface area (Å²) in [6.45, 7) is 2.21. The van der Waals surface area contributed by atoms with Gasteiger partial charge in [-0.05, 0) is 47.7 Å². The van der Waals surface area contributed by atoms with Gasteiger partial charge in [0.1, 0.15) is 5.75 Å². The van der Waals surface area contributed by atoms with Gasteiger partial charge in [0.05, 0.1) is 3.57 Å². The lowest BCUT2D eigenvalue weighted by molar-refractivity contribution is 0.0941. The zero-order valence-corrected chi connectivity index (χ0v) is 10.5. The molecule has 1 amide bonds. The molecule has 0 aliphatic heterocycles. The molecule has 0 radical (unpaired) electrons. The summed E-state index contributed by atoms with van der Waals surface area (Å²) in [5.74, 6) is -0.108. The highest BCUT2D eigenvalue weighted by Gasteiger charge is 2.10. The first kappa shape index (κ1) is 12.3. The molecule has 1 rings (SSSR count). The monoisotopic (exact) mass is 320 g/mol. The van der Waals surface area contributed by atoms with E-state index in [-0.39, 0.29) is 17.7 Å².